The molecular weight excluding hydrogens is 378 g/mol. The molecule has 10 heteroatoms. The van der Waals surface area contributed by atoms with Crippen LogP contribution in [0.3, 0.4) is 0 Å². The normalized spacial score (nSPS) is 16.8. The number of benzene rings is 1. The van der Waals surface area contributed by atoms with Crippen LogP contribution in [0.2, 0.25) is 0 Å². The quantitative estimate of drug-likeness (QED) is 0.743. The molecule has 0 N–H and O–H groups in total. The lowest BCUT2D eigenvalue weighted by Crippen LogP contribution is -2.48. The Labute approximate surface area is 157 Å². The zero-order valence-electron chi connectivity index (χ0n) is 15.2. The van der Waals surface area contributed by atoms with Crippen LogP contribution in [-0.4, -0.2) is 60.7 Å². The van der Waals surface area contributed by atoms with Crippen LogP contribution in [0.4, 0.5) is 8.78 Å². The Morgan fingerprint density at radius 1 is 1.22 bits per heavy atom. The summed E-state index contributed by atoms with van der Waals surface area (Å²) in [4.78, 5) is 1.99. The molecule has 0 spiro atoms. The maximum Gasteiger partial charge on any atom is 0.333 e. The van der Waals surface area contributed by atoms with Crippen LogP contribution < -0.4 is 4.74 Å². The Balaban J connectivity index is 1.66. The molecule has 1 aromatic heterocycles. The van der Waals surface area contributed by atoms with Crippen molar-refractivity contribution in [1.29, 1.82) is 0 Å². The molecule has 1 aromatic carbocycles. The Hall–Kier alpha value is -2.04. The minimum atomic E-state index is -3.84. The number of hydrogen-bond acceptors (Lipinski definition) is 5. The summed E-state index contributed by atoms with van der Waals surface area (Å²) in [6, 6.07) is 7.73. The number of ether oxygens (including phenoxy) is 1. The summed E-state index contributed by atoms with van der Waals surface area (Å²) in [5, 5.41) is 3.50. The number of alkyl halides is 2. The van der Waals surface area contributed by atoms with E-state index in [0.29, 0.717) is 37.4 Å². The standard InChI is InChI=1S/C17H22F2N4O3S/c1-13-16(11-20-23(13)17(18)19)27(24,25)22-8-6-21(7-9-22)12-14-4-3-5-15(10-14)26-2/h3-5,10-11,17H,6-9,12H2,1-2H3. The lowest BCUT2D eigenvalue weighted by Gasteiger charge is -2.33. The molecule has 1 fully saturated rings. The van der Waals surface area contributed by atoms with E-state index in [-0.39, 0.29) is 10.6 Å². The topological polar surface area (TPSA) is 67.7 Å². The van der Waals surface area contributed by atoms with Gasteiger partial charge in [-0.15, -0.1) is 0 Å². The van der Waals surface area contributed by atoms with Crippen molar-refractivity contribution in [1.82, 2.24) is 19.0 Å². The summed E-state index contributed by atoms with van der Waals surface area (Å²) in [5.41, 5.74) is 1.03. The van der Waals surface area contributed by atoms with Gasteiger partial charge in [0.05, 0.1) is 19.0 Å². The smallest absolute Gasteiger partial charge is 0.333 e. The van der Waals surface area contributed by atoms with Gasteiger partial charge >= 0.3 is 6.55 Å². The third-order valence-electron chi connectivity index (χ3n) is 4.67. The van der Waals surface area contributed by atoms with E-state index < -0.39 is 16.6 Å². The van der Waals surface area contributed by atoms with Gasteiger partial charge in [0.15, 0.2) is 0 Å². The van der Waals surface area contributed by atoms with Gasteiger partial charge in [-0.3, -0.25) is 4.90 Å². The third kappa shape index (κ3) is 4.12. The molecule has 27 heavy (non-hydrogen) atoms. The van der Waals surface area contributed by atoms with Gasteiger partial charge < -0.3 is 4.74 Å². The van der Waals surface area contributed by atoms with Crippen LogP contribution in [0.25, 0.3) is 0 Å². The highest BCUT2D eigenvalue weighted by Crippen LogP contribution is 2.24. The summed E-state index contributed by atoms with van der Waals surface area (Å²) >= 11 is 0. The van der Waals surface area contributed by atoms with Crippen molar-refractivity contribution in [3.05, 3.63) is 41.7 Å². The molecule has 0 saturated carbocycles. The van der Waals surface area contributed by atoms with Crippen LogP contribution in [0, 0.1) is 6.92 Å². The van der Waals surface area contributed by atoms with Crippen molar-refractivity contribution < 1.29 is 21.9 Å². The monoisotopic (exact) mass is 400 g/mol. The number of halogens is 2. The lowest BCUT2D eigenvalue weighted by atomic mass is 10.2. The van der Waals surface area contributed by atoms with Gasteiger partial charge in [-0.25, -0.2) is 13.1 Å². The first-order valence-electron chi connectivity index (χ1n) is 8.50. The van der Waals surface area contributed by atoms with E-state index in [9.17, 15) is 17.2 Å². The van der Waals surface area contributed by atoms with Gasteiger partial charge in [0.1, 0.15) is 10.6 Å². The first-order valence-corrected chi connectivity index (χ1v) is 9.94. The number of sulfonamides is 1. The lowest BCUT2D eigenvalue weighted by molar-refractivity contribution is 0.0541. The Bertz CT molecular complexity index is 893. The Morgan fingerprint density at radius 3 is 2.52 bits per heavy atom. The van der Waals surface area contributed by atoms with Gasteiger partial charge in [-0.1, -0.05) is 12.1 Å². The summed E-state index contributed by atoms with van der Waals surface area (Å²) in [6.07, 6.45) is 0.999. The van der Waals surface area contributed by atoms with Crippen molar-refractivity contribution in [2.45, 2.75) is 24.9 Å². The van der Waals surface area contributed by atoms with E-state index in [1.54, 1.807) is 7.11 Å². The van der Waals surface area contributed by atoms with E-state index in [0.717, 1.165) is 17.5 Å². The van der Waals surface area contributed by atoms with Crippen molar-refractivity contribution in [2.75, 3.05) is 33.3 Å². The molecule has 3 rings (SSSR count). The second kappa shape index (κ2) is 7.91. The van der Waals surface area contributed by atoms with Gasteiger partial charge in [-0.2, -0.15) is 18.2 Å². The summed E-state index contributed by atoms with van der Waals surface area (Å²) in [7, 11) is -2.23. The molecule has 0 aliphatic carbocycles. The molecule has 2 heterocycles. The average Bonchev–Trinajstić information content (AvgIpc) is 3.05. The van der Waals surface area contributed by atoms with Crippen molar-refractivity contribution in [2.24, 2.45) is 0 Å². The van der Waals surface area contributed by atoms with Gasteiger partial charge in [0.2, 0.25) is 10.0 Å². The zero-order valence-corrected chi connectivity index (χ0v) is 16.0. The molecule has 0 radical (unpaired) electrons. The van der Waals surface area contributed by atoms with Crippen molar-refractivity contribution in [3.8, 4) is 5.75 Å². The number of aromatic nitrogens is 2. The molecule has 0 unspecified atom stereocenters. The molecule has 148 valence electrons. The highest BCUT2D eigenvalue weighted by atomic mass is 32.2. The Kier molecular flexibility index (Phi) is 5.78. The molecule has 0 amide bonds. The van der Waals surface area contributed by atoms with Crippen LogP contribution in [0.5, 0.6) is 5.75 Å². The van der Waals surface area contributed by atoms with Crippen LogP contribution >= 0.6 is 0 Å². The SMILES string of the molecule is COc1cccc(CN2CCN(S(=O)(=O)c3cnn(C(F)F)c3C)CC2)c1. The first-order chi connectivity index (χ1) is 12.8. The molecule has 7 nitrogen and oxygen atoms in total. The maximum atomic E-state index is 12.9. The van der Waals surface area contributed by atoms with Crippen molar-refractivity contribution >= 4 is 10.0 Å². The fourth-order valence-corrected chi connectivity index (χ4v) is 4.72. The largest absolute Gasteiger partial charge is 0.497 e. The van der Waals surface area contributed by atoms with E-state index in [2.05, 4.69) is 10.00 Å². The number of piperazine rings is 1. The van der Waals surface area contributed by atoms with Crippen LogP contribution in [-0.2, 0) is 16.6 Å². The van der Waals surface area contributed by atoms with E-state index in [4.69, 9.17) is 4.74 Å². The van der Waals surface area contributed by atoms with E-state index in [1.807, 2.05) is 24.3 Å². The number of rotatable bonds is 6. The highest BCUT2D eigenvalue weighted by molar-refractivity contribution is 7.89. The fourth-order valence-electron chi connectivity index (χ4n) is 3.15. The minimum absolute atomic E-state index is 0.0520. The second-order valence-corrected chi connectivity index (χ2v) is 8.25. The number of hydrogen-bond donors (Lipinski definition) is 0. The van der Waals surface area contributed by atoms with Crippen molar-refractivity contribution in [3.63, 3.8) is 0 Å². The zero-order chi connectivity index (χ0) is 19.6. The molecular formula is C17H22F2N4O3S. The van der Waals surface area contributed by atoms with Crippen LogP contribution in [0.15, 0.2) is 35.4 Å². The molecule has 1 saturated heterocycles. The number of methoxy groups -OCH3 is 1. The fraction of sp³-hybridized carbons (Fsp3) is 0.471. The summed E-state index contributed by atoms with van der Waals surface area (Å²) < 4.78 is 58.3. The van der Waals surface area contributed by atoms with Gasteiger partial charge in [-0.05, 0) is 24.6 Å². The first kappa shape index (κ1) is 19.7. The molecule has 0 atom stereocenters. The van der Waals surface area contributed by atoms with E-state index >= 15 is 0 Å². The van der Waals surface area contributed by atoms with Gasteiger partial charge in [0.25, 0.3) is 0 Å². The maximum absolute atomic E-state index is 12.9. The molecule has 2 aromatic rings. The second-order valence-electron chi connectivity index (χ2n) is 6.35. The molecule has 1 aliphatic heterocycles. The van der Waals surface area contributed by atoms with Crippen LogP contribution in [0.1, 0.15) is 17.8 Å². The predicted molar refractivity (Wildman–Crippen MR) is 95.2 cm³/mol. The molecule has 1 aliphatic rings. The number of nitrogens with zero attached hydrogens (tertiary/aromatic N) is 4. The van der Waals surface area contributed by atoms with E-state index in [1.165, 1.54) is 11.2 Å². The highest BCUT2D eigenvalue weighted by Gasteiger charge is 2.32. The average molecular weight is 400 g/mol. The summed E-state index contributed by atoms with van der Waals surface area (Å²) in [5.74, 6) is 0.778. The van der Waals surface area contributed by atoms with Gasteiger partial charge in [0, 0.05) is 32.7 Å². The molecule has 0 bridgehead atoms. The Morgan fingerprint density at radius 2 is 1.93 bits per heavy atom. The summed E-state index contributed by atoms with van der Waals surface area (Å²) in [6.45, 7) is 0.862. The third-order valence-corrected chi connectivity index (χ3v) is 6.68. The minimum Gasteiger partial charge on any atom is -0.497 e. The predicted octanol–water partition coefficient (Wildman–Crippen LogP) is 2.10.